The molecule has 404 valence electrons. The van der Waals surface area contributed by atoms with Gasteiger partial charge < -0.3 is 39.0 Å². The van der Waals surface area contributed by atoms with Crippen molar-refractivity contribution < 1.29 is 42.9 Å². The largest absolute Gasteiger partial charge is 0.500 e. The molecule has 0 atom stereocenters. The Balaban J connectivity index is 0.000000184. The van der Waals surface area contributed by atoms with E-state index in [2.05, 4.69) is 45.6 Å². The first-order valence-corrected chi connectivity index (χ1v) is 25.0. The SMILES string of the molecule is CCOC=C(C(=O)OC)C(=O)c1ccc(OC)c(C)c1.COc1ccc(C(=O)c2c[nH]c3cccnc3c2=O)cc1C.COc1ccc(C(=O)c2cn(Cc3cccc(Br)n3)c3cccnc3c2=O)cc1C.Nc1cccnc1. The summed E-state index contributed by atoms with van der Waals surface area (Å²) in [5.74, 6) is 0.201. The molecule has 0 radical (unpaired) electrons. The monoisotopic (exact) mass is 1130 g/mol. The third kappa shape index (κ3) is 14.9. The van der Waals surface area contributed by atoms with E-state index >= 15 is 0 Å². The average Bonchev–Trinajstić information content (AvgIpc) is 3.49. The first kappa shape index (κ1) is 58.6. The van der Waals surface area contributed by atoms with Crippen molar-refractivity contribution >= 4 is 67.0 Å². The van der Waals surface area contributed by atoms with Gasteiger partial charge in [-0.2, -0.15) is 0 Å². The zero-order valence-corrected chi connectivity index (χ0v) is 46.1. The lowest BCUT2D eigenvalue weighted by molar-refractivity contribution is -0.135. The van der Waals surface area contributed by atoms with Gasteiger partial charge in [0.2, 0.25) is 16.6 Å². The van der Waals surface area contributed by atoms with Gasteiger partial charge in [0.1, 0.15) is 44.7 Å². The number of aromatic nitrogens is 6. The maximum absolute atomic E-state index is 13.2. The van der Waals surface area contributed by atoms with Gasteiger partial charge in [-0.1, -0.05) is 6.07 Å². The number of nitrogens with zero attached hydrogens (tertiary/aromatic N) is 5. The summed E-state index contributed by atoms with van der Waals surface area (Å²) in [6.07, 6.45) is 10.6. The number of H-pyrrole nitrogens is 1. The molecule has 0 aliphatic heterocycles. The van der Waals surface area contributed by atoms with Crippen LogP contribution in [0.2, 0.25) is 0 Å². The van der Waals surface area contributed by atoms with Gasteiger partial charge in [-0.3, -0.25) is 38.9 Å². The Hall–Kier alpha value is -9.62. The standard InChI is InChI=1S/C23H18BrN3O3.C17H14N2O3.C15H18O5.C5H6N2/c1-14-11-15(8-9-19(14)30-2)22(28)17-13-27(12-16-5-3-7-20(24)26-16)18-6-4-10-25-21(18)23(17)29;1-10-8-11(5-6-14(10)22-2)16(20)12-9-19-13-4-3-7-18-15(13)17(12)21;1-5-20-9-12(15(17)19-4)14(16)11-6-7-13(18-3)10(2)8-11;6-5-2-1-3-7-4-5/h3-11,13H,12H2,1-2H3;3-9H,1-2H3,(H,19,21);6-9H,5H2,1-4H3;1-4H,6H2. The highest BCUT2D eigenvalue weighted by atomic mass is 79.9. The summed E-state index contributed by atoms with van der Waals surface area (Å²) in [5.41, 5.74) is 11.5. The Morgan fingerprint density at radius 3 is 1.76 bits per heavy atom. The van der Waals surface area contributed by atoms with Crippen LogP contribution in [0.5, 0.6) is 17.2 Å². The second-order valence-electron chi connectivity index (χ2n) is 17.1. The molecule has 0 saturated heterocycles. The molecule has 18 nitrogen and oxygen atoms in total. The molecule has 0 fully saturated rings. The number of pyridine rings is 6. The highest BCUT2D eigenvalue weighted by Gasteiger charge is 2.23. The van der Waals surface area contributed by atoms with Crippen molar-refractivity contribution in [1.82, 2.24) is 29.5 Å². The number of Topliss-reactive ketones (excluding diaryl/α,β-unsaturated/α-hetero) is 1. The lowest BCUT2D eigenvalue weighted by Crippen LogP contribution is -2.21. The van der Waals surface area contributed by atoms with Crippen LogP contribution in [-0.4, -0.2) is 87.9 Å². The molecule has 0 bridgehead atoms. The second-order valence-corrected chi connectivity index (χ2v) is 17.9. The predicted octanol–water partition coefficient (Wildman–Crippen LogP) is 9.56. The number of nitrogen functional groups attached to an aromatic ring is 1. The van der Waals surface area contributed by atoms with E-state index in [-0.39, 0.29) is 50.2 Å². The Bertz CT molecular complexity index is 3820. The van der Waals surface area contributed by atoms with Crippen LogP contribution in [0.3, 0.4) is 0 Å². The Kier molecular flexibility index (Phi) is 20.8. The number of methoxy groups -OCH3 is 4. The van der Waals surface area contributed by atoms with Crippen molar-refractivity contribution in [3.63, 3.8) is 0 Å². The highest BCUT2D eigenvalue weighted by molar-refractivity contribution is 9.10. The van der Waals surface area contributed by atoms with Crippen molar-refractivity contribution in [1.29, 1.82) is 0 Å². The molecule has 0 aliphatic carbocycles. The van der Waals surface area contributed by atoms with Crippen LogP contribution in [0.25, 0.3) is 22.1 Å². The number of carbonyl (C=O) groups excluding carboxylic acids is 4. The summed E-state index contributed by atoms with van der Waals surface area (Å²) in [7, 11) is 5.92. The number of aromatic amines is 1. The smallest absolute Gasteiger partial charge is 0.345 e. The number of nitrogens with two attached hydrogens (primary N) is 1. The lowest BCUT2D eigenvalue weighted by Gasteiger charge is -2.13. The number of ether oxygens (including phenoxy) is 5. The number of esters is 1. The van der Waals surface area contributed by atoms with Crippen molar-refractivity contribution in [3.8, 4) is 17.2 Å². The number of nitrogens with one attached hydrogen (secondary N) is 1. The molecule has 0 amide bonds. The van der Waals surface area contributed by atoms with Crippen molar-refractivity contribution in [2.45, 2.75) is 34.2 Å². The predicted molar refractivity (Wildman–Crippen MR) is 304 cm³/mol. The minimum Gasteiger partial charge on any atom is -0.500 e. The molecular formula is C60H56BrN7O11. The topological polar surface area (TPSA) is 247 Å². The number of fused-ring (bicyclic) bond motifs is 2. The summed E-state index contributed by atoms with van der Waals surface area (Å²) >= 11 is 3.38. The van der Waals surface area contributed by atoms with Gasteiger partial charge in [-0.15, -0.1) is 0 Å². The quantitative estimate of drug-likeness (QED) is 0.0196. The van der Waals surface area contributed by atoms with E-state index in [1.54, 1.807) is 138 Å². The number of halogens is 1. The van der Waals surface area contributed by atoms with Crippen molar-refractivity contribution in [2.75, 3.05) is 40.8 Å². The van der Waals surface area contributed by atoms with E-state index in [9.17, 15) is 28.8 Å². The van der Waals surface area contributed by atoms with E-state index in [0.29, 0.717) is 68.4 Å². The van der Waals surface area contributed by atoms with E-state index in [1.807, 2.05) is 49.6 Å². The summed E-state index contributed by atoms with van der Waals surface area (Å²) in [6.45, 7) is 8.03. The summed E-state index contributed by atoms with van der Waals surface area (Å²) in [6, 6.07) is 31.4. The number of rotatable bonds is 14. The minimum absolute atomic E-state index is 0.0702. The number of hydrogen-bond acceptors (Lipinski definition) is 16. The molecule has 79 heavy (non-hydrogen) atoms. The first-order chi connectivity index (χ1) is 38.0. The Morgan fingerprint density at radius 2 is 1.23 bits per heavy atom. The molecule has 6 heterocycles. The number of anilines is 1. The third-order valence-electron chi connectivity index (χ3n) is 11.7. The fourth-order valence-electron chi connectivity index (χ4n) is 7.81. The summed E-state index contributed by atoms with van der Waals surface area (Å²) < 4.78 is 27.7. The third-order valence-corrected chi connectivity index (χ3v) is 12.2. The maximum atomic E-state index is 13.2. The zero-order chi connectivity index (χ0) is 57.2. The average molecular weight is 1130 g/mol. The van der Waals surface area contributed by atoms with E-state index < -0.39 is 11.8 Å². The van der Waals surface area contributed by atoms with E-state index in [1.165, 1.54) is 19.5 Å². The zero-order valence-electron chi connectivity index (χ0n) is 44.5. The van der Waals surface area contributed by atoms with Crippen LogP contribution in [0, 0.1) is 20.8 Å². The van der Waals surface area contributed by atoms with Crippen molar-refractivity contribution in [3.05, 3.63) is 233 Å². The lowest BCUT2D eigenvalue weighted by atomic mass is 10.0. The maximum Gasteiger partial charge on any atom is 0.345 e. The molecule has 0 spiro atoms. The number of benzene rings is 3. The Labute approximate surface area is 463 Å². The molecule has 3 aromatic carbocycles. The van der Waals surface area contributed by atoms with Gasteiger partial charge in [-0.05, 0) is 163 Å². The molecule has 9 rings (SSSR count). The molecule has 19 heteroatoms. The van der Waals surface area contributed by atoms with Crippen LogP contribution >= 0.6 is 15.9 Å². The number of hydrogen-bond donors (Lipinski definition) is 2. The molecule has 0 aliphatic rings. The van der Waals surface area contributed by atoms with E-state index in [0.717, 1.165) is 28.6 Å². The summed E-state index contributed by atoms with van der Waals surface area (Å²) in [5, 5.41) is 0. The molecule has 3 N–H and O–H groups in total. The number of carbonyl (C=O) groups is 4. The first-order valence-electron chi connectivity index (χ1n) is 24.2. The second kappa shape index (κ2) is 28.0. The number of aryl methyl sites for hydroxylation is 3. The highest BCUT2D eigenvalue weighted by Crippen LogP contribution is 2.24. The molecule has 9 aromatic rings. The van der Waals surface area contributed by atoms with Crippen LogP contribution in [0.1, 0.15) is 71.5 Å². The minimum atomic E-state index is -0.725. The molecular weight excluding hydrogens is 1070 g/mol. The van der Waals surface area contributed by atoms with Gasteiger partial charge in [0.25, 0.3) is 0 Å². The van der Waals surface area contributed by atoms with Gasteiger partial charge in [-0.25, -0.2) is 9.78 Å². The molecule has 6 aromatic heterocycles. The Morgan fingerprint density at radius 1 is 0.671 bits per heavy atom. The van der Waals surface area contributed by atoms with Gasteiger partial charge in [0, 0.05) is 53.9 Å². The van der Waals surface area contributed by atoms with Gasteiger partial charge >= 0.3 is 5.97 Å². The van der Waals surface area contributed by atoms with Crippen LogP contribution < -0.4 is 30.8 Å². The van der Waals surface area contributed by atoms with Gasteiger partial charge in [0.05, 0.1) is 75.1 Å². The van der Waals surface area contributed by atoms with Crippen molar-refractivity contribution in [2.24, 2.45) is 0 Å². The van der Waals surface area contributed by atoms with Crippen LogP contribution in [0.15, 0.2) is 172 Å². The normalized spacial score (nSPS) is 10.6. The summed E-state index contributed by atoms with van der Waals surface area (Å²) in [4.78, 5) is 94.7. The molecule has 0 saturated carbocycles. The number of ketones is 3. The fourth-order valence-corrected chi connectivity index (χ4v) is 8.19. The van der Waals surface area contributed by atoms with E-state index in [4.69, 9.17) is 24.7 Å². The van der Waals surface area contributed by atoms with Gasteiger partial charge in [0.15, 0.2) is 11.6 Å². The van der Waals surface area contributed by atoms with Crippen LogP contribution in [0.4, 0.5) is 5.69 Å². The fraction of sp³-hybridized carbons (Fsp3) is 0.167. The molecule has 0 unspecified atom stereocenters. The van der Waals surface area contributed by atoms with Crippen LogP contribution in [-0.2, 0) is 20.8 Å².